The van der Waals surface area contributed by atoms with E-state index >= 15 is 0 Å². The molecule has 0 aliphatic carbocycles. The predicted octanol–water partition coefficient (Wildman–Crippen LogP) is 1.27. The van der Waals surface area contributed by atoms with Crippen molar-refractivity contribution in [3.8, 4) is 5.69 Å². The third-order valence-electron chi connectivity index (χ3n) is 1.87. The summed E-state index contributed by atoms with van der Waals surface area (Å²) in [6, 6.07) is 5.12. The van der Waals surface area contributed by atoms with Gasteiger partial charge in [0.1, 0.15) is 6.33 Å². The molecule has 0 aliphatic rings. The second-order valence-corrected chi connectivity index (χ2v) is 3.51. The van der Waals surface area contributed by atoms with Crippen LogP contribution in [0.4, 0.5) is 5.69 Å². The highest BCUT2D eigenvalue weighted by Gasteiger charge is 2.05. The van der Waals surface area contributed by atoms with Gasteiger partial charge in [-0.2, -0.15) is 0 Å². The molecule has 0 aliphatic heterocycles. The van der Waals surface area contributed by atoms with Crippen LogP contribution in [-0.2, 0) is 4.79 Å². The molecule has 1 aromatic carbocycles. The first-order valence-corrected chi connectivity index (χ1v) is 4.85. The van der Waals surface area contributed by atoms with E-state index in [1.54, 1.807) is 18.2 Å². The van der Waals surface area contributed by atoms with Crippen molar-refractivity contribution >= 4 is 23.2 Å². The van der Waals surface area contributed by atoms with Gasteiger partial charge in [-0.1, -0.05) is 11.6 Å². The molecule has 1 aromatic heterocycles. The maximum absolute atomic E-state index is 10.9. The Morgan fingerprint density at radius 3 is 2.94 bits per heavy atom. The van der Waals surface area contributed by atoms with Crippen molar-refractivity contribution in [2.45, 2.75) is 6.92 Å². The van der Waals surface area contributed by atoms with E-state index in [-0.39, 0.29) is 5.91 Å². The summed E-state index contributed by atoms with van der Waals surface area (Å²) in [4.78, 5) is 10.9. The zero-order chi connectivity index (χ0) is 11.5. The van der Waals surface area contributed by atoms with Crippen LogP contribution in [0.1, 0.15) is 6.92 Å². The Morgan fingerprint density at radius 1 is 1.50 bits per heavy atom. The van der Waals surface area contributed by atoms with Crippen LogP contribution >= 0.6 is 11.6 Å². The molecule has 2 rings (SSSR count). The fourth-order valence-corrected chi connectivity index (χ4v) is 1.39. The molecule has 1 amide bonds. The van der Waals surface area contributed by atoms with Crippen LogP contribution in [0.15, 0.2) is 24.5 Å². The van der Waals surface area contributed by atoms with Gasteiger partial charge in [0.2, 0.25) is 5.91 Å². The molecule has 0 unspecified atom stereocenters. The summed E-state index contributed by atoms with van der Waals surface area (Å²) >= 11 is 5.93. The Kier molecular flexibility index (Phi) is 2.82. The topological polar surface area (TPSA) is 72.7 Å². The van der Waals surface area contributed by atoms with Gasteiger partial charge in [-0.05, 0) is 28.6 Å². The molecule has 7 heteroatoms. The van der Waals surface area contributed by atoms with E-state index < -0.39 is 0 Å². The Labute approximate surface area is 96.2 Å². The van der Waals surface area contributed by atoms with Crippen LogP contribution in [0, 0.1) is 0 Å². The molecule has 1 N–H and O–H groups in total. The van der Waals surface area contributed by atoms with Crippen LogP contribution in [0.5, 0.6) is 0 Å². The Hall–Kier alpha value is -1.95. The Balaban J connectivity index is 2.39. The molecule has 6 nitrogen and oxygen atoms in total. The summed E-state index contributed by atoms with van der Waals surface area (Å²) in [5.41, 5.74) is 1.25. The molecule has 0 fully saturated rings. The molecule has 0 spiro atoms. The number of rotatable bonds is 2. The van der Waals surface area contributed by atoms with Crippen molar-refractivity contribution in [2.75, 3.05) is 5.32 Å². The highest BCUT2D eigenvalue weighted by molar-refractivity contribution is 6.33. The predicted molar refractivity (Wildman–Crippen MR) is 58.5 cm³/mol. The number of amides is 1. The number of hydrogen-bond donors (Lipinski definition) is 1. The maximum Gasteiger partial charge on any atom is 0.221 e. The van der Waals surface area contributed by atoms with Crippen LogP contribution in [0.25, 0.3) is 5.69 Å². The Bertz CT molecular complexity index is 511. The third kappa shape index (κ3) is 2.17. The second kappa shape index (κ2) is 4.28. The van der Waals surface area contributed by atoms with Crippen molar-refractivity contribution in [3.63, 3.8) is 0 Å². The number of benzene rings is 1. The van der Waals surface area contributed by atoms with E-state index in [0.717, 1.165) is 5.69 Å². The first-order chi connectivity index (χ1) is 7.66. The zero-order valence-electron chi connectivity index (χ0n) is 8.38. The highest BCUT2D eigenvalue weighted by atomic mass is 35.5. The van der Waals surface area contributed by atoms with E-state index in [0.29, 0.717) is 10.7 Å². The van der Waals surface area contributed by atoms with Crippen molar-refractivity contribution in [1.29, 1.82) is 0 Å². The van der Waals surface area contributed by atoms with Gasteiger partial charge in [0, 0.05) is 6.92 Å². The van der Waals surface area contributed by atoms with Gasteiger partial charge in [0.25, 0.3) is 0 Å². The number of hydrogen-bond acceptors (Lipinski definition) is 4. The quantitative estimate of drug-likeness (QED) is 0.854. The van der Waals surface area contributed by atoms with Crippen LogP contribution in [-0.4, -0.2) is 26.1 Å². The van der Waals surface area contributed by atoms with E-state index in [2.05, 4.69) is 20.8 Å². The maximum atomic E-state index is 10.9. The molecular formula is C9H8ClN5O. The molecule has 2 aromatic rings. The fourth-order valence-electron chi connectivity index (χ4n) is 1.22. The van der Waals surface area contributed by atoms with Gasteiger partial charge < -0.3 is 5.32 Å². The largest absolute Gasteiger partial charge is 0.325 e. The average molecular weight is 238 g/mol. The van der Waals surface area contributed by atoms with Crippen LogP contribution < -0.4 is 5.32 Å². The molecule has 16 heavy (non-hydrogen) atoms. The SMILES string of the molecule is CC(=O)Nc1cc(-n2cnnn2)ccc1Cl. The minimum absolute atomic E-state index is 0.184. The van der Waals surface area contributed by atoms with Gasteiger partial charge in [0.05, 0.1) is 16.4 Å². The lowest BCUT2D eigenvalue weighted by molar-refractivity contribution is -0.114. The fraction of sp³-hybridized carbons (Fsp3) is 0.111. The molecule has 0 atom stereocenters. The number of carbonyl (C=O) groups excluding carboxylic acids is 1. The lowest BCUT2D eigenvalue weighted by Crippen LogP contribution is -2.07. The summed E-state index contributed by atoms with van der Waals surface area (Å²) < 4.78 is 1.47. The number of anilines is 1. The summed E-state index contributed by atoms with van der Waals surface area (Å²) in [5, 5.41) is 13.9. The smallest absolute Gasteiger partial charge is 0.221 e. The summed E-state index contributed by atoms with van der Waals surface area (Å²) in [6.07, 6.45) is 1.46. The molecule has 0 saturated carbocycles. The monoisotopic (exact) mass is 237 g/mol. The van der Waals surface area contributed by atoms with E-state index in [9.17, 15) is 4.79 Å². The number of carbonyl (C=O) groups is 1. The van der Waals surface area contributed by atoms with Gasteiger partial charge >= 0.3 is 0 Å². The van der Waals surface area contributed by atoms with E-state index in [4.69, 9.17) is 11.6 Å². The van der Waals surface area contributed by atoms with Crippen molar-refractivity contribution in [1.82, 2.24) is 20.2 Å². The first-order valence-electron chi connectivity index (χ1n) is 4.47. The molecule has 82 valence electrons. The van der Waals surface area contributed by atoms with Crippen molar-refractivity contribution in [3.05, 3.63) is 29.5 Å². The summed E-state index contributed by atoms with van der Waals surface area (Å²) in [7, 11) is 0. The van der Waals surface area contributed by atoms with Gasteiger partial charge in [-0.25, -0.2) is 4.68 Å². The zero-order valence-corrected chi connectivity index (χ0v) is 9.14. The molecular weight excluding hydrogens is 230 g/mol. The molecule has 1 heterocycles. The second-order valence-electron chi connectivity index (χ2n) is 3.10. The number of nitrogens with zero attached hydrogens (tertiary/aromatic N) is 4. The number of tetrazole rings is 1. The Morgan fingerprint density at radius 2 is 2.31 bits per heavy atom. The van der Waals surface area contributed by atoms with Crippen molar-refractivity contribution in [2.24, 2.45) is 0 Å². The van der Waals surface area contributed by atoms with E-state index in [1.807, 2.05) is 0 Å². The summed E-state index contributed by atoms with van der Waals surface area (Å²) in [6.45, 7) is 1.42. The minimum atomic E-state index is -0.184. The standard InChI is InChI=1S/C9H8ClN5O/c1-6(16)12-9-4-7(2-3-8(9)10)15-5-11-13-14-15/h2-5H,1H3,(H,12,16). The van der Waals surface area contributed by atoms with Gasteiger partial charge in [0.15, 0.2) is 0 Å². The van der Waals surface area contributed by atoms with Gasteiger partial charge in [-0.15, -0.1) is 5.10 Å². The number of halogens is 1. The molecule has 0 radical (unpaired) electrons. The number of aromatic nitrogens is 4. The average Bonchev–Trinajstić information content (AvgIpc) is 2.73. The normalized spacial score (nSPS) is 10.1. The lowest BCUT2D eigenvalue weighted by atomic mass is 10.2. The molecule has 0 bridgehead atoms. The summed E-state index contributed by atoms with van der Waals surface area (Å²) in [5.74, 6) is -0.184. The highest BCUT2D eigenvalue weighted by Crippen LogP contribution is 2.24. The lowest BCUT2D eigenvalue weighted by Gasteiger charge is -2.07. The third-order valence-corrected chi connectivity index (χ3v) is 2.20. The molecule has 0 saturated heterocycles. The van der Waals surface area contributed by atoms with Crippen LogP contribution in [0.2, 0.25) is 5.02 Å². The van der Waals surface area contributed by atoms with Gasteiger partial charge in [-0.3, -0.25) is 4.79 Å². The minimum Gasteiger partial charge on any atom is -0.325 e. The first kappa shape index (κ1) is 10.6. The number of nitrogens with one attached hydrogen (secondary N) is 1. The van der Waals surface area contributed by atoms with Crippen LogP contribution in [0.3, 0.4) is 0 Å². The van der Waals surface area contributed by atoms with Crippen molar-refractivity contribution < 1.29 is 4.79 Å². The van der Waals surface area contributed by atoms with E-state index in [1.165, 1.54) is 17.9 Å².